The van der Waals surface area contributed by atoms with Gasteiger partial charge in [0.2, 0.25) is 5.91 Å². The molecule has 29 heavy (non-hydrogen) atoms. The van der Waals surface area contributed by atoms with Gasteiger partial charge in [-0.1, -0.05) is 38.3 Å². The van der Waals surface area contributed by atoms with Crippen molar-refractivity contribution in [1.82, 2.24) is 20.1 Å². The molecule has 3 rings (SSSR count). The lowest BCUT2D eigenvalue weighted by atomic mass is 10.1. The third-order valence-electron chi connectivity index (χ3n) is 5.34. The molecule has 1 aromatic carbocycles. The number of benzene rings is 1. The molecule has 1 aromatic heterocycles. The van der Waals surface area contributed by atoms with Crippen LogP contribution in [-0.2, 0) is 17.8 Å². The van der Waals surface area contributed by atoms with Crippen molar-refractivity contribution in [3.8, 4) is 11.4 Å². The lowest BCUT2D eigenvalue weighted by Gasteiger charge is -2.18. The Morgan fingerprint density at radius 3 is 2.83 bits per heavy atom. The fraction of sp³-hybridized carbons (Fsp3) is 0.524. The summed E-state index contributed by atoms with van der Waals surface area (Å²) in [6.45, 7) is 4.88. The third-order valence-corrected chi connectivity index (χ3v) is 5.34. The number of nitrogens with two attached hydrogens (primary N) is 1. The molecule has 0 aliphatic carbocycles. The number of urea groups is 1. The molecular weight excluding hydrogens is 368 g/mol. The zero-order valence-electron chi connectivity index (χ0n) is 17.2. The number of carbonyl (C=O) groups excluding carboxylic acids is 2. The monoisotopic (exact) mass is 398 g/mol. The van der Waals surface area contributed by atoms with Crippen molar-refractivity contribution in [3.05, 3.63) is 29.6 Å². The number of nitrogens with one attached hydrogen (secondary N) is 2. The summed E-state index contributed by atoms with van der Waals surface area (Å²) in [6.07, 6.45) is 6.69. The predicted molar refractivity (Wildman–Crippen MR) is 112 cm³/mol. The average Bonchev–Trinajstić information content (AvgIpc) is 2.94. The van der Waals surface area contributed by atoms with Crippen molar-refractivity contribution in [2.45, 2.75) is 71.4 Å². The predicted octanol–water partition coefficient (Wildman–Crippen LogP) is 3.15. The van der Waals surface area contributed by atoms with Crippen LogP contribution in [0.2, 0.25) is 0 Å². The number of aromatic nitrogens is 3. The Morgan fingerprint density at radius 1 is 1.24 bits per heavy atom. The van der Waals surface area contributed by atoms with E-state index in [0.717, 1.165) is 61.4 Å². The van der Waals surface area contributed by atoms with Gasteiger partial charge in [-0.25, -0.2) is 4.79 Å². The van der Waals surface area contributed by atoms with Gasteiger partial charge in [0.05, 0.1) is 0 Å². The number of hydrogen-bond donors (Lipinski definition) is 3. The Kier molecular flexibility index (Phi) is 6.85. The van der Waals surface area contributed by atoms with Gasteiger partial charge in [-0.05, 0) is 37.8 Å². The molecule has 0 saturated carbocycles. The van der Waals surface area contributed by atoms with Gasteiger partial charge in [0, 0.05) is 24.2 Å². The zero-order valence-corrected chi connectivity index (χ0v) is 17.2. The molecule has 8 heteroatoms. The Labute approximate surface area is 171 Å². The highest BCUT2D eigenvalue weighted by Gasteiger charge is 2.21. The largest absolute Gasteiger partial charge is 0.352 e. The smallest absolute Gasteiger partial charge is 0.312 e. The molecule has 2 heterocycles. The van der Waals surface area contributed by atoms with Gasteiger partial charge in [0.1, 0.15) is 11.9 Å². The summed E-state index contributed by atoms with van der Waals surface area (Å²) in [5, 5.41) is 14.3. The lowest BCUT2D eigenvalue weighted by molar-refractivity contribution is -0.118. The molecule has 156 valence electrons. The van der Waals surface area contributed by atoms with Gasteiger partial charge in [-0.3, -0.25) is 4.79 Å². The first-order chi connectivity index (χ1) is 14.0. The fourth-order valence-electron chi connectivity index (χ4n) is 3.66. The molecule has 4 N–H and O–H groups in total. The first kappa shape index (κ1) is 20.8. The van der Waals surface area contributed by atoms with E-state index in [0.29, 0.717) is 12.1 Å². The fourth-order valence-corrected chi connectivity index (χ4v) is 3.66. The maximum Gasteiger partial charge on any atom is 0.312 e. The van der Waals surface area contributed by atoms with Crippen LogP contribution in [0.25, 0.3) is 11.4 Å². The van der Waals surface area contributed by atoms with Crippen LogP contribution in [0.15, 0.2) is 18.2 Å². The van der Waals surface area contributed by atoms with Crippen molar-refractivity contribution in [2.75, 3.05) is 5.32 Å². The molecule has 0 fully saturated rings. The van der Waals surface area contributed by atoms with Crippen molar-refractivity contribution < 1.29 is 9.59 Å². The molecule has 0 bridgehead atoms. The molecule has 1 atom stereocenters. The number of aryl methyl sites for hydroxylation is 2. The second-order valence-electron chi connectivity index (χ2n) is 7.62. The molecule has 8 nitrogen and oxygen atoms in total. The van der Waals surface area contributed by atoms with E-state index >= 15 is 0 Å². The zero-order chi connectivity index (χ0) is 20.8. The topological polar surface area (TPSA) is 115 Å². The number of unbranched alkanes of at least 4 members (excludes halogenated alkanes) is 1. The molecule has 1 aliphatic heterocycles. The number of amides is 3. The van der Waals surface area contributed by atoms with Crippen molar-refractivity contribution in [2.24, 2.45) is 5.73 Å². The minimum absolute atomic E-state index is 0.266. The van der Waals surface area contributed by atoms with E-state index in [2.05, 4.69) is 25.4 Å². The molecule has 1 aliphatic rings. The van der Waals surface area contributed by atoms with Crippen LogP contribution >= 0.6 is 0 Å². The van der Waals surface area contributed by atoms with Gasteiger partial charge in [0.15, 0.2) is 5.82 Å². The summed E-state index contributed by atoms with van der Waals surface area (Å²) in [6, 6.07) is 4.55. The van der Waals surface area contributed by atoms with E-state index in [1.54, 1.807) is 0 Å². The van der Waals surface area contributed by atoms with E-state index in [1.165, 1.54) is 6.42 Å². The van der Waals surface area contributed by atoms with E-state index in [1.807, 2.05) is 32.0 Å². The number of fused-ring (bicyclic) bond motifs is 1. The summed E-state index contributed by atoms with van der Waals surface area (Å²) in [5.41, 5.74) is 7.80. The normalized spacial score (nSPS) is 14.6. The van der Waals surface area contributed by atoms with E-state index < -0.39 is 12.1 Å². The molecule has 0 spiro atoms. The van der Waals surface area contributed by atoms with Gasteiger partial charge in [-0.15, -0.1) is 10.2 Å². The first-order valence-electron chi connectivity index (χ1n) is 10.4. The van der Waals surface area contributed by atoms with Gasteiger partial charge < -0.3 is 20.9 Å². The van der Waals surface area contributed by atoms with Crippen LogP contribution in [0.3, 0.4) is 0 Å². The summed E-state index contributed by atoms with van der Waals surface area (Å²) in [5.74, 6) is 1.58. The maximum absolute atomic E-state index is 12.8. The molecule has 3 amide bonds. The van der Waals surface area contributed by atoms with Gasteiger partial charge in [-0.2, -0.15) is 0 Å². The number of nitrogens with zero attached hydrogens (tertiary/aromatic N) is 3. The highest BCUT2D eigenvalue weighted by atomic mass is 16.2. The highest BCUT2D eigenvalue weighted by Crippen LogP contribution is 2.27. The van der Waals surface area contributed by atoms with E-state index in [4.69, 9.17) is 5.73 Å². The molecular formula is C21H30N6O2. The Hall–Kier alpha value is -2.90. The van der Waals surface area contributed by atoms with Crippen molar-refractivity contribution in [3.63, 3.8) is 0 Å². The molecule has 0 saturated heterocycles. The average molecular weight is 399 g/mol. The van der Waals surface area contributed by atoms with Crippen LogP contribution in [0, 0.1) is 6.92 Å². The number of hydrogen-bond acceptors (Lipinski definition) is 4. The minimum atomic E-state index is -0.696. The quantitative estimate of drug-likeness (QED) is 0.664. The van der Waals surface area contributed by atoms with Crippen LogP contribution in [0.1, 0.15) is 56.8 Å². The Balaban J connectivity index is 1.83. The summed E-state index contributed by atoms with van der Waals surface area (Å²) >= 11 is 0. The second kappa shape index (κ2) is 9.54. The third kappa shape index (κ3) is 5.13. The highest BCUT2D eigenvalue weighted by molar-refractivity contribution is 5.97. The first-order valence-corrected chi connectivity index (χ1v) is 10.4. The van der Waals surface area contributed by atoms with Crippen LogP contribution in [0.5, 0.6) is 0 Å². The Bertz CT molecular complexity index is 876. The van der Waals surface area contributed by atoms with Crippen molar-refractivity contribution in [1.29, 1.82) is 0 Å². The van der Waals surface area contributed by atoms with Crippen LogP contribution < -0.4 is 16.4 Å². The summed E-state index contributed by atoms with van der Waals surface area (Å²) in [4.78, 5) is 24.1. The summed E-state index contributed by atoms with van der Waals surface area (Å²) in [7, 11) is 0. The second-order valence-corrected chi connectivity index (χ2v) is 7.62. The number of rotatable bonds is 7. The van der Waals surface area contributed by atoms with Gasteiger partial charge >= 0.3 is 6.03 Å². The van der Waals surface area contributed by atoms with E-state index in [-0.39, 0.29) is 5.91 Å². The molecule has 0 radical (unpaired) electrons. The van der Waals surface area contributed by atoms with Gasteiger partial charge in [0.25, 0.3) is 0 Å². The lowest BCUT2D eigenvalue weighted by Crippen LogP contribution is -2.46. The summed E-state index contributed by atoms with van der Waals surface area (Å²) < 4.78 is 2.18. The Morgan fingerprint density at radius 2 is 2.07 bits per heavy atom. The maximum atomic E-state index is 12.8. The molecule has 1 unspecified atom stereocenters. The standard InChI is InChI=1S/C21H30N6O2/c1-3-4-8-16(24-21(22)29)20(28)23-17-13-15(11-10-14(17)2)19-26-25-18-9-6-5-7-12-27(18)19/h10-11,13,16H,3-9,12H2,1-2H3,(H,23,28)(H3,22,24,29). The SMILES string of the molecule is CCCCC(NC(N)=O)C(=O)Nc1cc(-c2nnc3n2CCCCC3)ccc1C. The number of carbonyl (C=O) groups is 2. The number of anilines is 1. The van der Waals surface area contributed by atoms with E-state index in [9.17, 15) is 9.59 Å². The molecule has 2 aromatic rings. The van der Waals surface area contributed by atoms with Crippen LogP contribution in [-0.4, -0.2) is 32.7 Å². The number of primary amides is 1. The minimum Gasteiger partial charge on any atom is -0.352 e. The van der Waals surface area contributed by atoms with Crippen LogP contribution in [0.4, 0.5) is 10.5 Å². The van der Waals surface area contributed by atoms with Crippen molar-refractivity contribution >= 4 is 17.6 Å².